The maximum absolute atomic E-state index is 13.2. The van der Waals surface area contributed by atoms with E-state index in [0.29, 0.717) is 5.76 Å². The molecule has 132 valence electrons. The average Bonchev–Trinajstić information content (AvgIpc) is 3.32. The lowest BCUT2D eigenvalue weighted by atomic mass is 9.80. The van der Waals surface area contributed by atoms with Gasteiger partial charge in [0.2, 0.25) is 0 Å². The van der Waals surface area contributed by atoms with Gasteiger partial charge in [-0.15, -0.1) is 0 Å². The lowest BCUT2D eigenvalue weighted by molar-refractivity contribution is 0.0200. The van der Waals surface area contributed by atoms with Crippen LogP contribution in [0.15, 0.2) is 47.1 Å². The molecule has 3 atom stereocenters. The molecule has 25 heavy (non-hydrogen) atoms. The molecule has 2 aliphatic rings. The van der Waals surface area contributed by atoms with E-state index in [-0.39, 0.29) is 24.0 Å². The van der Waals surface area contributed by atoms with E-state index in [1.54, 1.807) is 6.26 Å². The predicted octanol–water partition coefficient (Wildman–Crippen LogP) is 4.10. The molecular weight excluding hydrogens is 314 g/mol. The molecule has 0 bridgehead atoms. The van der Waals surface area contributed by atoms with Gasteiger partial charge in [0.25, 0.3) is 5.91 Å². The second-order valence-electron chi connectivity index (χ2n) is 7.25. The monoisotopic (exact) mass is 339 g/mol. The summed E-state index contributed by atoms with van der Waals surface area (Å²) in [5.74, 6) is 0.586. The predicted molar refractivity (Wildman–Crippen MR) is 96.2 cm³/mol. The number of hydrogen-bond donors (Lipinski definition) is 1. The normalized spacial score (nSPS) is 26.8. The standard InChI is InChI=1S/C21H25NO3/c23-19-11-5-4-9-17(19)18-10-6-13-22(18)21(24)20-16(12-14-25-20)15-7-2-1-3-8-15/h1-3,7-8,12,14,17-19,23H,4-6,9-11,13H2. The number of benzene rings is 1. The van der Waals surface area contributed by atoms with Gasteiger partial charge >= 0.3 is 0 Å². The third-order valence-corrected chi connectivity index (χ3v) is 5.78. The minimum absolute atomic E-state index is 0.0378. The van der Waals surface area contributed by atoms with Crippen molar-refractivity contribution in [2.24, 2.45) is 5.92 Å². The molecule has 3 unspecified atom stereocenters. The summed E-state index contributed by atoms with van der Waals surface area (Å²) < 4.78 is 5.60. The van der Waals surface area contributed by atoms with Gasteiger partial charge in [-0.2, -0.15) is 0 Å². The molecule has 1 saturated carbocycles. The number of furan rings is 1. The number of hydrogen-bond acceptors (Lipinski definition) is 3. The smallest absolute Gasteiger partial charge is 0.290 e. The first-order valence-electron chi connectivity index (χ1n) is 9.37. The largest absolute Gasteiger partial charge is 0.459 e. The van der Waals surface area contributed by atoms with Crippen LogP contribution in [0.1, 0.15) is 49.1 Å². The fourth-order valence-corrected chi connectivity index (χ4v) is 4.53. The number of aliphatic hydroxyl groups is 1. The van der Waals surface area contributed by atoms with E-state index in [2.05, 4.69) is 0 Å². The Morgan fingerprint density at radius 2 is 1.84 bits per heavy atom. The number of rotatable bonds is 3. The molecule has 1 saturated heterocycles. The molecule has 1 amide bonds. The van der Waals surface area contributed by atoms with E-state index < -0.39 is 0 Å². The molecule has 1 aromatic heterocycles. The van der Waals surface area contributed by atoms with Gasteiger partial charge in [0.15, 0.2) is 5.76 Å². The number of aliphatic hydroxyl groups excluding tert-OH is 1. The van der Waals surface area contributed by atoms with E-state index in [0.717, 1.165) is 56.2 Å². The lowest BCUT2D eigenvalue weighted by Gasteiger charge is -2.37. The van der Waals surface area contributed by atoms with Crippen LogP contribution < -0.4 is 0 Å². The number of carbonyl (C=O) groups is 1. The van der Waals surface area contributed by atoms with Crippen LogP contribution in [0.25, 0.3) is 11.1 Å². The number of amides is 1. The van der Waals surface area contributed by atoms with E-state index in [9.17, 15) is 9.90 Å². The van der Waals surface area contributed by atoms with Crippen LogP contribution in [0.4, 0.5) is 0 Å². The molecule has 4 rings (SSSR count). The summed E-state index contributed by atoms with van der Waals surface area (Å²) in [6.07, 6.45) is 7.41. The zero-order valence-electron chi connectivity index (χ0n) is 14.4. The fourth-order valence-electron chi connectivity index (χ4n) is 4.53. The molecule has 2 heterocycles. The van der Waals surface area contributed by atoms with Crippen LogP contribution in [0, 0.1) is 5.92 Å². The van der Waals surface area contributed by atoms with Crippen molar-refractivity contribution in [1.82, 2.24) is 4.90 Å². The highest BCUT2D eigenvalue weighted by Crippen LogP contribution is 2.36. The minimum atomic E-state index is -0.280. The summed E-state index contributed by atoms with van der Waals surface area (Å²) in [5.41, 5.74) is 1.84. The van der Waals surface area contributed by atoms with Crippen molar-refractivity contribution in [2.45, 2.75) is 50.7 Å². The molecule has 4 heteroatoms. The molecule has 1 aromatic carbocycles. The maximum atomic E-state index is 13.2. The van der Waals surface area contributed by atoms with Crippen LogP contribution in [-0.4, -0.2) is 34.6 Å². The van der Waals surface area contributed by atoms with E-state index in [1.165, 1.54) is 0 Å². The first-order valence-corrected chi connectivity index (χ1v) is 9.37. The molecule has 1 aliphatic heterocycles. The highest BCUT2D eigenvalue weighted by molar-refractivity contribution is 5.98. The van der Waals surface area contributed by atoms with Crippen molar-refractivity contribution < 1.29 is 14.3 Å². The Kier molecular flexibility index (Phi) is 4.62. The van der Waals surface area contributed by atoms with Crippen LogP contribution in [0.5, 0.6) is 0 Å². The third-order valence-electron chi connectivity index (χ3n) is 5.78. The van der Waals surface area contributed by atoms with E-state index >= 15 is 0 Å². The highest BCUT2D eigenvalue weighted by atomic mass is 16.3. The first-order chi connectivity index (χ1) is 12.3. The Balaban J connectivity index is 1.60. The summed E-state index contributed by atoms with van der Waals surface area (Å²) in [7, 11) is 0. The van der Waals surface area contributed by atoms with Crippen molar-refractivity contribution in [3.05, 3.63) is 48.4 Å². The van der Waals surface area contributed by atoms with Crippen LogP contribution in [-0.2, 0) is 0 Å². The minimum Gasteiger partial charge on any atom is -0.459 e. The molecule has 0 radical (unpaired) electrons. The van der Waals surface area contributed by atoms with Gasteiger partial charge in [-0.25, -0.2) is 0 Å². The average molecular weight is 339 g/mol. The summed E-state index contributed by atoms with van der Waals surface area (Å²) >= 11 is 0. The summed E-state index contributed by atoms with van der Waals surface area (Å²) in [5, 5.41) is 10.4. The van der Waals surface area contributed by atoms with E-state index in [4.69, 9.17) is 4.42 Å². The van der Waals surface area contributed by atoms with Crippen molar-refractivity contribution in [2.75, 3.05) is 6.54 Å². The van der Waals surface area contributed by atoms with Crippen molar-refractivity contribution in [1.29, 1.82) is 0 Å². The van der Waals surface area contributed by atoms with Gasteiger partial charge in [-0.1, -0.05) is 43.2 Å². The second kappa shape index (κ2) is 7.04. The topological polar surface area (TPSA) is 53.7 Å². The third kappa shape index (κ3) is 3.11. The zero-order chi connectivity index (χ0) is 17.2. The van der Waals surface area contributed by atoms with Crippen LogP contribution in [0.3, 0.4) is 0 Å². The van der Waals surface area contributed by atoms with Gasteiger partial charge in [0.05, 0.1) is 12.4 Å². The Bertz CT molecular complexity index is 724. The molecule has 4 nitrogen and oxygen atoms in total. The molecule has 0 spiro atoms. The maximum Gasteiger partial charge on any atom is 0.290 e. The fraction of sp³-hybridized carbons (Fsp3) is 0.476. The van der Waals surface area contributed by atoms with Crippen molar-refractivity contribution >= 4 is 5.91 Å². The molecule has 2 aromatic rings. The Labute approximate surface area is 148 Å². The van der Waals surface area contributed by atoms with E-state index in [1.807, 2.05) is 41.3 Å². The molecule has 2 fully saturated rings. The quantitative estimate of drug-likeness (QED) is 0.916. The molecule has 1 aliphatic carbocycles. The van der Waals surface area contributed by atoms with Gasteiger partial charge < -0.3 is 14.4 Å². The Hall–Kier alpha value is -2.07. The zero-order valence-corrected chi connectivity index (χ0v) is 14.4. The SMILES string of the molecule is O=C(c1occc1-c1ccccc1)N1CCCC1C1CCCCC1O. The Morgan fingerprint density at radius 3 is 2.64 bits per heavy atom. The van der Waals surface area contributed by atoms with Crippen molar-refractivity contribution in [3.63, 3.8) is 0 Å². The lowest BCUT2D eigenvalue weighted by Crippen LogP contribution is -2.45. The van der Waals surface area contributed by atoms with Gasteiger partial charge in [0.1, 0.15) is 0 Å². The van der Waals surface area contributed by atoms with Crippen LogP contribution in [0.2, 0.25) is 0 Å². The number of likely N-dealkylation sites (tertiary alicyclic amines) is 1. The van der Waals surface area contributed by atoms with Gasteiger partial charge in [-0.3, -0.25) is 4.79 Å². The van der Waals surface area contributed by atoms with Crippen molar-refractivity contribution in [3.8, 4) is 11.1 Å². The second-order valence-corrected chi connectivity index (χ2v) is 7.25. The summed E-state index contributed by atoms with van der Waals surface area (Å²) in [6, 6.07) is 11.9. The summed E-state index contributed by atoms with van der Waals surface area (Å²) in [4.78, 5) is 15.2. The summed E-state index contributed by atoms with van der Waals surface area (Å²) in [6.45, 7) is 0.752. The molecule has 1 N–H and O–H groups in total. The van der Waals surface area contributed by atoms with Gasteiger partial charge in [-0.05, 0) is 37.3 Å². The highest BCUT2D eigenvalue weighted by Gasteiger charge is 2.40. The molecular formula is C21H25NO3. The number of nitrogens with zero attached hydrogens (tertiary/aromatic N) is 1. The first kappa shape index (κ1) is 16.4. The van der Waals surface area contributed by atoms with Gasteiger partial charge in [0, 0.05) is 24.1 Å². The van der Waals surface area contributed by atoms with Crippen LogP contribution >= 0.6 is 0 Å². The Morgan fingerprint density at radius 1 is 1.04 bits per heavy atom. The number of carbonyl (C=O) groups excluding carboxylic acids is 1.